The first-order valence-electron chi connectivity index (χ1n) is 6.46. The number of nitrogens with zero attached hydrogens (tertiary/aromatic N) is 2. The van der Waals surface area contributed by atoms with Crippen LogP contribution in [0.5, 0.6) is 0 Å². The van der Waals surface area contributed by atoms with E-state index in [9.17, 15) is 4.79 Å². The van der Waals surface area contributed by atoms with Gasteiger partial charge in [-0.25, -0.2) is 9.78 Å². The average Bonchev–Trinajstić information content (AvgIpc) is 2.93. The number of hydrogen-bond donors (Lipinski definition) is 1. The van der Waals surface area contributed by atoms with Crippen LogP contribution < -0.4 is 0 Å². The van der Waals surface area contributed by atoms with Crippen LogP contribution in [0.4, 0.5) is 0 Å². The molecule has 100 valence electrons. The van der Waals surface area contributed by atoms with Gasteiger partial charge in [0, 0.05) is 18.9 Å². The molecule has 0 amide bonds. The smallest absolute Gasteiger partial charge is 0.372 e. The summed E-state index contributed by atoms with van der Waals surface area (Å²) >= 11 is 0. The minimum atomic E-state index is -0.992. The number of aromatic carboxylic acids is 1. The van der Waals surface area contributed by atoms with E-state index in [-0.39, 0.29) is 5.82 Å². The summed E-state index contributed by atoms with van der Waals surface area (Å²) in [5.74, 6) is -0.903. The number of imidazole rings is 1. The fourth-order valence-electron chi connectivity index (χ4n) is 2.33. The van der Waals surface area contributed by atoms with Gasteiger partial charge >= 0.3 is 5.97 Å². The van der Waals surface area contributed by atoms with Crippen molar-refractivity contribution >= 4 is 16.7 Å². The van der Waals surface area contributed by atoms with Crippen LogP contribution in [-0.2, 0) is 13.0 Å². The predicted octanol–water partition coefficient (Wildman–Crippen LogP) is 2.98. The molecule has 0 fully saturated rings. The van der Waals surface area contributed by atoms with Crippen LogP contribution in [0.3, 0.4) is 0 Å². The highest BCUT2D eigenvalue weighted by molar-refractivity contribution is 5.83. The van der Waals surface area contributed by atoms with Gasteiger partial charge in [-0.2, -0.15) is 0 Å². The molecular weight excluding hydrogens is 252 g/mol. The van der Waals surface area contributed by atoms with E-state index < -0.39 is 5.97 Å². The molecular formula is C16H14N2O2. The van der Waals surface area contributed by atoms with Crippen molar-refractivity contribution in [1.82, 2.24) is 9.55 Å². The van der Waals surface area contributed by atoms with Crippen LogP contribution in [0.2, 0.25) is 0 Å². The number of benzene rings is 2. The summed E-state index contributed by atoms with van der Waals surface area (Å²) in [4.78, 5) is 14.8. The van der Waals surface area contributed by atoms with Gasteiger partial charge in [0.25, 0.3) is 0 Å². The second kappa shape index (κ2) is 5.17. The Morgan fingerprint density at radius 3 is 2.75 bits per heavy atom. The van der Waals surface area contributed by atoms with E-state index in [1.54, 1.807) is 10.8 Å². The number of fused-ring (bicyclic) bond motifs is 1. The van der Waals surface area contributed by atoms with Gasteiger partial charge in [-0.05, 0) is 22.8 Å². The van der Waals surface area contributed by atoms with E-state index in [1.807, 2.05) is 12.1 Å². The largest absolute Gasteiger partial charge is 0.475 e. The third kappa shape index (κ3) is 2.40. The minimum Gasteiger partial charge on any atom is -0.475 e. The molecule has 3 aromatic rings. The van der Waals surface area contributed by atoms with Gasteiger partial charge in [-0.3, -0.25) is 0 Å². The Labute approximate surface area is 116 Å². The second-order valence-electron chi connectivity index (χ2n) is 4.68. The van der Waals surface area contributed by atoms with Crippen LogP contribution in [0, 0.1) is 0 Å². The number of aromatic nitrogens is 2. The molecule has 1 heterocycles. The molecule has 20 heavy (non-hydrogen) atoms. The van der Waals surface area contributed by atoms with Gasteiger partial charge in [0.15, 0.2) is 0 Å². The number of carboxylic acid groups (broad SMARTS) is 1. The molecule has 0 bridgehead atoms. The van der Waals surface area contributed by atoms with Crippen molar-refractivity contribution in [3.05, 3.63) is 66.2 Å². The molecule has 0 radical (unpaired) electrons. The summed E-state index contributed by atoms with van der Waals surface area (Å²) in [6.07, 6.45) is 4.00. The van der Waals surface area contributed by atoms with Crippen LogP contribution >= 0.6 is 0 Å². The van der Waals surface area contributed by atoms with Crippen molar-refractivity contribution in [2.24, 2.45) is 0 Å². The van der Waals surface area contributed by atoms with E-state index in [1.165, 1.54) is 22.5 Å². The number of hydrogen-bond acceptors (Lipinski definition) is 2. The van der Waals surface area contributed by atoms with Gasteiger partial charge in [0.05, 0.1) is 0 Å². The second-order valence-corrected chi connectivity index (χ2v) is 4.68. The topological polar surface area (TPSA) is 55.1 Å². The molecule has 1 aromatic heterocycles. The normalized spacial score (nSPS) is 10.8. The van der Waals surface area contributed by atoms with Gasteiger partial charge < -0.3 is 9.67 Å². The molecule has 0 aliphatic rings. The Hall–Kier alpha value is -2.62. The lowest BCUT2D eigenvalue weighted by atomic mass is 10.1. The zero-order valence-corrected chi connectivity index (χ0v) is 10.9. The van der Waals surface area contributed by atoms with Crippen LogP contribution in [-0.4, -0.2) is 20.6 Å². The van der Waals surface area contributed by atoms with Crippen molar-refractivity contribution in [2.45, 2.75) is 13.0 Å². The molecule has 0 atom stereocenters. The number of carboxylic acids is 1. The van der Waals surface area contributed by atoms with Gasteiger partial charge in [-0.1, -0.05) is 42.5 Å². The molecule has 1 N–H and O–H groups in total. The monoisotopic (exact) mass is 266 g/mol. The zero-order chi connectivity index (χ0) is 13.9. The molecule has 4 nitrogen and oxygen atoms in total. The fraction of sp³-hybridized carbons (Fsp3) is 0.125. The lowest BCUT2D eigenvalue weighted by Crippen LogP contribution is -2.10. The highest BCUT2D eigenvalue weighted by Gasteiger charge is 2.10. The van der Waals surface area contributed by atoms with E-state index in [2.05, 4.69) is 35.3 Å². The summed E-state index contributed by atoms with van der Waals surface area (Å²) in [7, 11) is 0. The highest BCUT2D eigenvalue weighted by atomic mass is 16.4. The molecule has 0 aliphatic heterocycles. The summed E-state index contributed by atoms with van der Waals surface area (Å²) in [5, 5.41) is 11.4. The predicted molar refractivity (Wildman–Crippen MR) is 76.8 cm³/mol. The lowest BCUT2D eigenvalue weighted by Gasteiger charge is -2.06. The minimum absolute atomic E-state index is 0.0887. The van der Waals surface area contributed by atoms with Crippen molar-refractivity contribution in [2.75, 3.05) is 0 Å². The fourth-order valence-corrected chi connectivity index (χ4v) is 2.33. The molecule has 3 rings (SSSR count). The summed E-state index contributed by atoms with van der Waals surface area (Å²) < 4.78 is 1.66. The summed E-state index contributed by atoms with van der Waals surface area (Å²) in [6, 6.07) is 14.5. The number of carbonyl (C=O) groups is 1. The van der Waals surface area contributed by atoms with Gasteiger partial charge in [0.1, 0.15) is 0 Å². The first-order valence-corrected chi connectivity index (χ1v) is 6.46. The molecule has 0 spiro atoms. The van der Waals surface area contributed by atoms with Gasteiger partial charge in [0.2, 0.25) is 5.82 Å². The number of rotatable bonds is 4. The maximum absolute atomic E-state index is 11.0. The Morgan fingerprint density at radius 2 is 1.95 bits per heavy atom. The highest BCUT2D eigenvalue weighted by Crippen LogP contribution is 2.16. The lowest BCUT2D eigenvalue weighted by molar-refractivity contribution is 0.0678. The standard InChI is InChI=1S/C16H14N2O2/c19-16(20)15-17-8-10-18(15)9-7-12-5-6-13-3-1-2-4-14(13)11-12/h1-6,8,10-11H,7,9H2,(H,19,20). The van der Waals surface area contributed by atoms with Crippen molar-refractivity contribution in [1.29, 1.82) is 0 Å². The van der Waals surface area contributed by atoms with Crippen LogP contribution in [0.15, 0.2) is 54.9 Å². The first kappa shape index (κ1) is 12.4. The molecule has 4 heteroatoms. The Balaban J connectivity index is 1.79. The van der Waals surface area contributed by atoms with Crippen molar-refractivity contribution in [3.63, 3.8) is 0 Å². The van der Waals surface area contributed by atoms with E-state index in [0.717, 1.165) is 6.42 Å². The molecule has 0 unspecified atom stereocenters. The van der Waals surface area contributed by atoms with Gasteiger partial charge in [-0.15, -0.1) is 0 Å². The third-order valence-electron chi connectivity index (χ3n) is 3.36. The Bertz CT molecular complexity index is 762. The molecule has 0 saturated carbocycles. The first-order chi connectivity index (χ1) is 9.74. The average molecular weight is 266 g/mol. The SMILES string of the molecule is O=C(O)c1nccn1CCc1ccc2ccccc2c1. The van der Waals surface area contributed by atoms with Crippen LogP contribution in [0.1, 0.15) is 16.2 Å². The van der Waals surface area contributed by atoms with E-state index >= 15 is 0 Å². The van der Waals surface area contributed by atoms with E-state index in [0.29, 0.717) is 6.54 Å². The van der Waals surface area contributed by atoms with Crippen molar-refractivity contribution < 1.29 is 9.90 Å². The maximum Gasteiger partial charge on any atom is 0.372 e. The Kier molecular flexibility index (Phi) is 3.21. The molecule has 0 saturated heterocycles. The quantitative estimate of drug-likeness (QED) is 0.789. The Morgan fingerprint density at radius 1 is 1.15 bits per heavy atom. The summed E-state index contributed by atoms with van der Waals surface area (Å²) in [6.45, 7) is 0.611. The van der Waals surface area contributed by atoms with E-state index in [4.69, 9.17) is 5.11 Å². The summed E-state index contributed by atoms with van der Waals surface area (Å²) in [5.41, 5.74) is 1.19. The maximum atomic E-state index is 11.0. The third-order valence-corrected chi connectivity index (χ3v) is 3.36. The number of aryl methyl sites for hydroxylation is 2. The molecule has 2 aromatic carbocycles. The zero-order valence-electron chi connectivity index (χ0n) is 10.9. The van der Waals surface area contributed by atoms with Crippen molar-refractivity contribution in [3.8, 4) is 0 Å². The molecule has 0 aliphatic carbocycles. The van der Waals surface area contributed by atoms with Crippen LogP contribution in [0.25, 0.3) is 10.8 Å².